The number of amides is 3. The van der Waals surface area contributed by atoms with Gasteiger partial charge in [0, 0.05) is 18.3 Å². The minimum Gasteiger partial charge on any atom is -0.481 e. The fourth-order valence-corrected chi connectivity index (χ4v) is 2.74. The summed E-state index contributed by atoms with van der Waals surface area (Å²) in [6.07, 6.45) is 0.569. The number of hydrogen-bond acceptors (Lipinski definition) is 8. The summed E-state index contributed by atoms with van der Waals surface area (Å²) < 4.78 is 0. The summed E-state index contributed by atoms with van der Waals surface area (Å²) in [6.45, 7) is 4.38. The van der Waals surface area contributed by atoms with E-state index in [0.717, 1.165) is 0 Å². The first-order chi connectivity index (χ1) is 15.3. The first-order valence-electron chi connectivity index (χ1n) is 10.1. The molecule has 184 valence electrons. The normalized spacial score (nSPS) is 15.6. The Hall–Kier alpha value is -3.52. The molecule has 0 aromatic carbocycles. The van der Waals surface area contributed by atoms with Crippen molar-refractivity contribution in [2.75, 3.05) is 0 Å². The van der Waals surface area contributed by atoms with E-state index < -0.39 is 72.3 Å². The highest BCUT2D eigenvalue weighted by Crippen LogP contribution is 2.06. The number of carboxylic acid groups (broad SMARTS) is 2. The summed E-state index contributed by atoms with van der Waals surface area (Å²) in [6, 6.07) is -5.59. The van der Waals surface area contributed by atoms with Gasteiger partial charge in [0.1, 0.15) is 24.2 Å². The van der Waals surface area contributed by atoms with Crippen LogP contribution in [0.15, 0.2) is 12.5 Å². The van der Waals surface area contributed by atoms with Crippen LogP contribution in [0.2, 0.25) is 0 Å². The highest BCUT2D eigenvalue weighted by molar-refractivity contribution is 5.95. The Morgan fingerprint density at radius 1 is 1.00 bits per heavy atom. The van der Waals surface area contributed by atoms with Crippen molar-refractivity contribution in [3.8, 4) is 0 Å². The van der Waals surface area contributed by atoms with Crippen LogP contribution in [0.1, 0.15) is 32.9 Å². The molecule has 1 aromatic rings. The Kier molecular flexibility index (Phi) is 10.4. The van der Waals surface area contributed by atoms with Crippen molar-refractivity contribution in [2.24, 2.45) is 11.7 Å². The van der Waals surface area contributed by atoms with Crippen LogP contribution in [0.25, 0.3) is 0 Å². The van der Waals surface area contributed by atoms with Crippen LogP contribution in [-0.4, -0.2) is 85.2 Å². The molecular formula is C19H30N6O8. The minimum absolute atomic E-state index is 0.116. The molecule has 0 aliphatic rings. The van der Waals surface area contributed by atoms with Gasteiger partial charge in [-0.05, 0) is 12.8 Å². The van der Waals surface area contributed by atoms with E-state index in [1.807, 2.05) is 0 Å². The van der Waals surface area contributed by atoms with Crippen LogP contribution in [0.4, 0.5) is 0 Å². The lowest BCUT2D eigenvalue weighted by atomic mass is 10.0. The molecule has 0 fully saturated rings. The van der Waals surface area contributed by atoms with Crippen LogP contribution in [-0.2, 0) is 30.4 Å². The number of nitrogens with zero attached hydrogens (tertiary/aromatic N) is 1. The number of H-pyrrole nitrogens is 1. The van der Waals surface area contributed by atoms with Crippen LogP contribution in [0.5, 0.6) is 0 Å². The Morgan fingerprint density at radius 3 is 2.03 bits per heavy atom. The average molecular weight is 470 g/mol. The molecule has 33 heavy (non-hydrogen) atoms. The van der Waals surface area contributed by atoms with E-state index in [4.69, 9.17) is 10.8 Å². The molecule has 0 aliphatic carbocycles. The Labute approximate surface area is 189 Å². The molecular weight excluding hydrogens is 440 g/mol. The van der Waals surface area contributed by atoms with Crippen molar-refractivity contribution in [2.45, 2.75) is 63.9 Å². The zero-order chi connectivity index (χ0) is 25.3. The molecule has 0 spiro atoms. The van der Waals surface area contributed by atoms with Crippen LogP contribution < -0.4 is 21.7 Å². The summed E-state index contributed by atoms with van der Waals surface area (Å²) in [5.74, 6) is -6.04. The van der Waals surface area contributed by atoms with Gasteiger partial charge >= 0.3 is 11.9 Å². The first kappa shape index (κ1) is 27.5. The number of aromatic amines is 1. The number of aliphatic carboxylic acids is 2. The molecule has 0 radical (unpaired) electrons. The number of nitrogens with one attached hydrogen (secondary N) is 4. The van der Waals surface area contributed by atoms with Gasteiger partial charge in [-0.2, -0.15) is 0 Å². The summed E-state index contributed by atoms with van der Waals surface area (Å²) in [5.41, 5.74) is 6.03. The molecule has 1 heterocycles. The van der Waals surface area contributed by atoms with Crippen molar-refractivity contribution in [1.29, 1.82) is 0 Å². The van der Waals surface area contributed by atoms with Crippen molar-refractivity contribution in [3.63, 3.8) is 0 Å². The number of rotatable bonds is 13. The lowest BCUT2D eigenvalue weighted by Gasteiger charge is -2.25. The number of carbonyl (C=O) groups excluding carboxylic acids is 3. The summed E-state index contributed by atoms with van der Waals surface area (Å²) in [5, 5.41) is 34.7. The lowest BCUT2D eigenvalue weighted by Crippen LogP contribution is -2.59. The highest BCUT2D eigenvalue weighted by atomic mass is 16.4. The molecule has 0 bridgehead atoms. The number of carboxylic acids is 2. The number of aromatic nitrogens is 2. The third-order valence-corrected chi connectivity index (χ3v) is 4.68. The van der Waals surface area contributed by atoms with Gasteiger partial charge in [0.2, 0.25) is 17.7 Å². The summed E-state index contributed by atoms with van der Waals surface area (Å²) in [7, 11) is 0. The van der Waals surface area contributed by atoms with Gasteiger partial charge in [0.15, 0.2) is 0 Å². The van der Waals surface area contributed by atoms with Gasteiger partial charge in [0.05, 0.1) is 18.9 Å². The van der Waals surface area contributed by atoms with Crippen molar-refractivity contribution >= 4 is 29.7 Å². The van der Waals surface area contributed by atoms with E-state index in [0.29, 0.717) is 5.69 Å². The van der Waals surface area contributed by atoms with Crippen molar-refractivity contribution in [3.05, 3.63) is 18.2 Å². The molecule has 9 N–H and O–H groups in total. The molecule has 14 heteroatoms. The third-order valence-electron chi connectivity index (χ3n) is 4.68. The Bertz CT molecular complexity index is 841. The van der Waals surface area contributed by atoms with Gasteiger partial charge < -0.3 is 42.0 Å². The number of nitrogens with two attached hydrogens (primary N) is 1. The summed E-state index contributed by atoms with van der Waals surface area (Å²) in [4.78, 5) is 66.9. The predicted molar refractivity (Wildman–Crippen MR) is 112 cm³/mol. The van der Waals surface area contributed by atoms with E-state index in [2.05, 4.69) is 25.9 Å². The van der Waals surface area contributed by atoms with E-state index in [1.165, 1.54) is 19.4 Å². The second kappa shape index (κ2) is 12.5. The zero-order valence-corrected chi connectivity index (χ0v) is 18.4. The number of aliphatic hydroxyl groups excluding tert-OH is 1. The second-order valence-electron chi connectivity index (χ2n) is 7.84. The standard InChI is InChI=1S/C19H30N6O8/c1-8(2)15(19(32)33)25-17(30)12(5-13(27)28)23-16(29)11(4-10-6-21-7-22-10)24-18(31)14(20)9(3)26/h6-9,11-12,14-15,26H,4-5,20H2,1-3H3,(H,21,22)(H,23,29)(H,24,31)(H,25,30)(H,27,28)(H,32,33). The molecule has 0 saturated carbocycles. The molecule has 1 rings (SSSR count). The molecule has 5 unspecified atom stereocenters. The minimum atomic E-state index is -1.62. The molecule has 0 aliphatic heterocycles. The quantitative estimate of drug-likeness (QED) is 0.149. The Morgan fingerprint density at radius 2 is 1.58 bits per heavy atom. The van der Waals surface area contributed by atoms with E-state index >= 15 is 0 Å². The smallest absolute Gasteiger partial charge is 0.326 e. The Balaban J connectivity index is 3.07. The largest absolute Gasteiger partial charge is 0.481 e. The maximum absolute atomic E-state index is 12.9. The monoisotopic (exact) mass is 470 g/mol. The zero-order valence-electron chi connectivity index (χ0n) is 18.4. The highest BCUT2D eigenvalue weighted by Gasteiger charge is 2.33. The van der Waals surface area contributed by atoms with E-state index in [-0.39, 0.29) is 6.42 Å². The fraction of sp³-hybridized carbons (Fsp3) is 0.579. The number of hydrogen-bond donors (Lipinski definition) is 8. The van der Waals surface area contributed by atoms with Gasteiger partial charge in [-0.25, -0.2) is 9.78 Å². The molecule has 1 aromatic heterocycles. The number of imidazole rings is 1. The van der Waals surface area contributed by atoms with E-state index in [1.54, 1.807) is 13.8 Å². The topological polar surface area (TPSA) is 237 Å². The maximum atomic E-state index is 12.9. The molecule has 14 nitrogen and oxygen atoms in total. The molecule has 5 atom stereocenters. The molecule has 0 saturated heterocycles. The lowest BCUT2D eigenvalue weighted by molar-refractivity contribution is -0.144. The van der Waals surface area contributed by atoms with Gasteiger partial charge in [0.25, 0.3) is 0 Å². The van der Waals surface area contributed by atoms with E-state index in [9.17, 15) is 34.2 Å². The third kappa shape index (κ3) is 8.86. The van der Waals surface area contributed by atoms with Gasteiger partial charge in [-0.15, -0.1) is 0 Å². The van der Waals surface area contributed by atoms with Gasteiger partial charge in [-0.3, -0.25) is 19.2 Å². The summed E-state index contributed by atoms with van der Waals surface area (Å²) >= 11 is 0. The molecule has 3 amide bonds. The SMILES string of the molecule is CC(C)C(NC(=O)C(CC(=O)O)NC(=O)C(Cc1cnc[nH]1)NC(=O)C(N)C(C)O)C(=O)O. The van der Waals surface area contributed by atoms with Crippen LogP contribution >= 0.6 is 0 Å². The van der Waals surface area contributed by atoms with Crippen LogP contribution in [0, 0.1) is 5.92 Å². The number of carbonyl (C=O) groups is 5. The first-order valence-corrected chi connectivity index (χ1v) is 10.1. The predicted octanol–water partition coefficient (Wildman–Crippen LogP) is -2.67. The van der Waals surface area contributed by atoms with Crippen molar-refractivity contribution < 1.29 is 39.3 Å². The maximum Gasteiger partial charge on any atom is 0.326 e. The second-order valence-corrected chi connectivity index (χ2v) is 7.84. The van der Waals surface area contributed by atoms with Crippen LogP contribution in [0.3, 0.4) is 0 Å². The van der Waals surface area contributed by atoms with Gasteiger partial charge in [-0.1, -0.05) is 13.8 Å². The number of aliphatic hydroxyl groups is 1. The van der Waals surface area contributed by atoms with Crippen molar-refractivity contribution in [1.82, 2.24) is 25.9 Å². The average Bonchev–Trinajstić information content (AvgIpc) is 3.22. The fourth-order valence-electron chi connectivity index (χ4n) is 2.74.